The summed E-state index contributed by atoms with van der Waals surface area (Å²) in [5.74, 6) is 1.43. The van der Waals surface area contributed by atoms with E-state index in [1.165, 1.54) is 27.8 Å². The number of benzene rings is 2. The van der Waals surface area contributed by atoms with Crippen LogP contribution in [-0.4, -0.2) is 4.21 Å². The van der Waals surface area contributed by atoms with Gasteiger partial charge in [0.15, 0.2) is 0 Å². The van der Waals surface area contributed by atoms with Crippen molar-refractivity contribution in [1.29, 1.82) is 0 Å². The highest BCUT2D eigenvalue weighted by atomic mass is 32.2. The van der Waals surface area contributed by atoms with Gasteiger partial charge in [0.05, 0.1) is 0 Å². The quantitative estimate of drug-likeness (QED) is 0.749. The molecular formula is C15H14OS. The second-order valence-corrected chi connectivity index (χ2v) is 6.00. The Labute approximate surface area is 104 Å². The van der Waals surface area contributed by atoms with Crippen molar-refractivity contribution in [3.05, 3.63) is 59.2 Å². The van der Waals surface area contributed by atoms with Crippen molar-refractivity contribution in [2.24, 2.45) is 0 Å². The van der Waals surface area contributed by atoms with Crippen LogP contribution in [0.5, 0.6) is 0 Å². The molecule has 1 unspecified atom stereocenters. The van der Waals surface area contributed by atoms with Crippen molar-refractivity contribution >= 4 is 10.8 Å². The van der Waals surface area contributed by atoms with Crippen LogP contribution in [0.2, 0.25) is 0 Å². The van der Waals surface area contributed by atoms with Crippen LogP contribution in [-0.2, 0) is 22.3 Å². The molecule has 17 heavy (non-hydrogen) atoms. The Hall–Kier alpha value is -1.41. The molecule has 2 aromatic carbocycles. The minimum absolute atomic E-state index is 0.708. The number of aryl methyl sites for hydroxylation is 1. The van der Waals surface area contributed by atoms with Crippen LogP contribution < -0.4 is 0 Å². The summed E-state index contributed by atoms with van der Waals surface area (Å²) in [6.07, 6.45) is 0. The highest BCUT2D eigenvalue weighted by Crippen LogP contribution is 2.33. The number of fused-ring (bicyclic) bond motifs is 1. The predicted octanol–water partition coefficient (Wildman–Crippen LogP) is 3.42. The molecule has 0 N–H and O–H groups in total. The summed E-state index contributed by atoms with van der Waals surface area (Å²) in [5.41, 5.74) is 6.28. The first kappa shape index (κ1) is 10.7. The van der Waals surface area contributed by atoms with E-state index in [4.69, 9.17) is 0 Å². The predicted molar refractivity (Wildman–Crippen MR) is 72.2 cm³/mol. The van der Waals surface area contributed by atoms with Crippen molar-refractivity contribution in [1.82, 2.24) is 0 Å². The molecule has 0 fully saturated rings. The normalized spacial score (nSPS) is 18.1. The zero-order valence-corrected chi connectivity index (χ0v) is 10.6. The van der Waals surface area contributed by atoms with Crippen LogP contribution in [0.15, 0.2) is 42.5 Å². The molecule has 0 bridgehead atoms. The van der Waals surface area contributed by atoms with Gasteiger partial charge in [-0.05, 0) is 29.2 Å². The molecule has 1 nitrogen and oxygen atoms in total. The molecule has 3 rings (SSSR count). The number of hydrogen-bond donors (Lipinski definition) is 0. The maximum Gasteiger partial charge on any atom is 0.0498 e. The third kappa shape index (κ3) is 1.93. The van der Waals surface area contributed by atoms with Crippen LogP contribution in [0.1, 0.15) is 16.7 Å². The summed E-state index contributed by atoms with van der Waals surface area (Å²) in [7, 11) is -0.712. The number of hydrogen-bond acceptors (Lipinski definition) is 1. The standard InChI is InChI=1S/C15H14OS/c1-11-7-13-9-17(16)10-15(13)14(8-11)12-5-3-2-4-6-12/h2-8H,9-10H2,1H3. The maximum atomic E-state index is 11.7. The molecule has 0 saturated heterocycles. The molecule has 1 heterocycles. The van der Waals surface area contributed by atoms with Gasteiger partial charge in [-0.2, -0.15) is 0 Å². The van der Waals surface area contributed by atoms with E-state index in [-0.39, 0.29) is 0 Å². The second-order valence-electron chi connectivity index (χ2n) is 4.54. The Bertz CT molecular complexity index is 587. The first-order valence-corrected chi connectivity index (χ1v) is 7.25. The largest absolute Gasteiger partial charge is 0.259 e. The molecule has 1 aliphatic heterocycles. The van der Waals surface area contributed by atoms with Gasteiger partial charge in [-0.15, -0.1) is 0 Å². The van der Waals surface area contributed by atoms with E-state index in [1.54, 1.807) is 0 Å². The first-order chi connectivity index (χ1) is 8.24. The van der Waals surface area contributed by atoms with E-state index in [9.17, 15) is 4.21 Å². The monoisotopic (exact) mass is 242 g/mol. The Morgan fingerprint density at radius 1 is 1.06 bits per heavy atom. The SMILES string of the molecule is Cc1cc2c(c(-c3ccccc3)c1)CS(=O)C2. The van der Waals surface area contributed by atoms with Gasteiger partial charge in [0.2, 0.25) is 0 Å². The van der Waals surface area contributed by atoms with E-state index in [2.05, 4.69) is 43.3 Å². The van der Waals surface area contributed by atoms with Gasteiger partial charge in [-0.25, -0.2) is 0 Å². The summed E-state index contributed by atoms with van der Waals surface area (Å²) in [6, 6.07) is 14.7. The highest BCUT2D eigenvalue weighted by molar-refractivity contribution is 7.83. The molecule has 0 amide bonds. The van der Waals surface area contributed by atoms with Crippen LogP contribution in [0.25, 0.3) is 11.1 Å². The molecule has 2 aromatic rings. The Morgan fingerprint density at radius 2 is 1.82 bits per heavy atom. The fraction of sp³-hybridized carbons (Fsp3) is 0.200. The van der Waals surface area contributed by atoms with Gasteiger partial charge in [0, 0.05) is 22.3 Å². The van der Waals surface area contributed by atoms with Gasteiger partial charge in [0.25, 0.3) is 0 Å². The fourth-order valence-corrected chi connectivity index (χ4v) is 3.82. The lowest BCUT2D eigenvalue weighted by molar-refractivity contribution is 0.684. The Balaban J connectivity index is 2.22. The molecule has 1 aliphatic rings. The van der Waals surface area contributed by atoms with Crippen LogP contribution in [0, 0.1) is 6.92 Å². The van der Waals surface area contributed by atoms with Crippen molar-refractivity contribution in [2.45, 2.75) is 18.4 Å². The van der Waals surface area contributed by atoms with Gasteiger partial charge in [-0.3, -0.25) is 4.21 Å². The zero-order valence-electron chi connectivity index (χ0n) is 9.77. The van der Waals surface area contributed by atoms with Crippen LogP contribution in [0.3, 0.4) is 0 Å². The average molecular weight is 242 g/mol. The minimum Gasteiger partial charge on any atom is -0.259 e. The topological polar surface area (TPSA) is 17.1 Å². The molecule has 1 atom stereocenters. The van der Waals surface area contributed by atoms with E-state index in [1.807, 2.05) is 6.07 Å². The van der Waals surface area contributed by atoms with Gasteiger partial charge in [0.1, 0.15) is 0 Å². The van der Waals surface area contributed by atoms with Crippen molar-refractivity contribution in [2.75, 3.05) is 0 Å². The van der Waals surface area contributed by atoms with Gasteiger partial charge < -0.3 is 0 Å². The molecule has 0 saturated carbocycles. The van der Waals surface area contributed by atoms with Crippen molar-refractivity contribution in [3.63, 3.8) is 0 Å². The van der Waals surface area contributed by atoms with Gasteiger partial charge >= 0.3 is 0 Å². The van der Waals surface area contributed by atoms with E-state index in [0.29, 0.717) is 5.75 Å². The minimum atomic E-state index is -0.712. The summed E-state index contributed by atoms with van der Waals surface area (Å²) in [5, 5.41) is 0. The Morgan fingerprint density at radius 3 is 2.59 bits per heavy atom. The smallest absolute Gasteiger partial charge is 0.0498 e. The molecule has 0 aromatic heterocycles. The lowest BCUT2D eigenvalue weighted by Crippen LogP contribution is -1.90. The second kappa shape index (κ2) is 4.11. The maximum absolute atomic E-state index is 11.7. The summed E-state index contributed by atoms with van der Waals surface area (Å²) in [6.45, 7) is 2.11. The first-order valence-electron chi connectivity index (χ1n) is 5.77. The van der Waals surface area contributed by atoms with Crippen molar-refractivity contribution < 1.29 is 4.21 Å². The summed E-state index contributed by atoms with van der Waals surface area (Å²) >= 11 is 0. The van der Waals surface area contributed by atoms with E-state index < -0.39 is 10.8 Å². The lowest BCUT2D eigenvalue weighted by atomic mass is 9.95. The number of rotatable bonds is 1. The zero-order chi connectivity index (χ0) is 11.8. The molecule has 0 radical (unpaired) electrons. The molecule has 0 spiro atoms. The van der Waals surface area contributed by atoms with E-state index >= 15 is 0 Å². The highest BCUT2D eigenvalue weighted by Gasteiger charge is 2.21. The molecule has 0 aliphatic carbocycles. The lowest BCUT2D eigenvalue weighted by Gasteiger charge is -2.09. The third-order valence-electron chi connectivity index (χ3n) is 3.19. The van der Waals surface area contributed by atoms with Gasteiger partial charge in [-0.1, -0.05) is 48.0 Å². The average Bonchev–Trinajstić information content (AvgIpc) is 2.69. The van der Waals surface area contributed by atoms with E-state index in [0.717, 1.165) is 5.75 Å². The molecular weight excluding hydrogens is 228 g/mol. The molecule has 2 heteroatoms. The third-order valence-corrected chi connectivity index (χ3v) is 4.44. The van der Waals surface area contributed by atoms with Crippen LogP contribution >= 0.6 is 0 Å². The Kier molecular flexibility index (Phi) is 2.60. The molecule has 86 valence electrons. The summed E-state index contributed by atoms with van der Waals surface area (Å²) < 4.78 is 11.7. The fourth-order valence-electron chi connectivity index (χ4n) is 2.45. The van der Waals surface area contributed by atoms with Crippen molar-refractivity contribution in [3.8, 4) is 11.1 Å². The summed E-state index contributed by atoms with van der Waals surface area (Å²) in [4.78, 5) is 0. The van der Waals surface area contributed by atoms with Crippen LogP contribution in [0.4, 0.5) is 0 Å².